The summed E-state index contributed by atoms with van der Waals surface area (Å²) in [6.07, 6.45) is 1.63. The minimum atomic E-state index is -0.392. The minimum absolute atomic E-state index is 0.161. The highest BCUT2D eigenvalue weighted by molar-refractivity contribution is 6.32. The predicted molar refractivity (Wildman–Crippen MR) is 120 cm³/mol. The van der Waals surface area contributed by atoms with Crippen LogP contribution in [0.1, 0.15) is 48.2 Å². The van der Waals surface area contributed by atoms with Gasteiger partial charge in [-0.1, -0.05) is 31.5 Å². The lowest BCUT2D eigenvalue weighted by Crippen LogP contribution is -2.11. The zero-order chi connectivity index (χ0) is 21.7. The molecule has 0 fully saturated rings. The summed E-state index contributed by atoms with van der Waals surface area (Å²) in [5.74, 6) is -0.553. The predicted octanol–water partition coefficient (Wildman–Crippen LogP) is 4.50. The molecule has 1 amide bonds. The molecule has 0 unspecified atom stereocenters. The Hall–Kier alpha value is -3.12. The number of allylic oxidation sites excluding steroid dienone is 1. The van der Waals surface area contributed by atoms with Gasteiger partial charge in [0.15, 0.2) is 0 Å². The Kier molecular flexibility index (Phi) is 6.90. The quantitative estimate of drug-likeness (QED) is 0.498. The second-order valence-electron chi connectivity index (χ2n) is 7.60. The monoisotopic (exact) mass is 407 g/mol. The fraction of sp³-hybridized carbons (Fsp3) is 0.333. The Bertz CT molecular complexity index is 962. The molecule has 6 nitrogen and oxygen atoms in total. The van der Waals surface area contributed by atoms with E-state index >= 15 is 0 Å². The fourth-order valence-corrected chi connectivity index (χ4v) is 3.55. The van der Waals surface area contributed by atoms with Gasteiger partial charge in [0.25, 0.3) is 5.91 Å². The molecular weight excluding hydrogens is 378 g/mol. The number of rotatable bonds is 8. The minimum Gasteiger partial charge on any atom is -0.462 e. The van der Waals surface area contributed by atoms with Gasteiger partial charge in [-0.15, -0.1) is 0 Å². The Balaban J connectivity index is 1.92. The number of hydrogen-bond acceptors (Lipinski definition) is 5. The highest BCUT2D eigenvalue weighted by Crippen LogP contribution is 2.36. The lowest BCUT2D eigenvalue weighted by atomic mass is 10.0. The van der Waals surface area contributed by atoms with Crippen LogP contribution in [-0.2, 0) is 16.1 Å². The number of benzene rings is 2. The molecule has 158 valence electrons. The number of carbonyl (C=O) groups is 2. The summed E-state index contributed by atoms with van der Waals surface area (Å²) in [5.41, 5.74) is 5.53. The Morgan fingerprint density at radius 2 is 1.83 bits per heavy atom. The lowest BCUT2D eigenvalue weighted by molar-refractivity contribution is -0.110. The van der Waals surface area contributed by atoms with Crippen molar-refractivity contribution in [2.75, 3.05) is 31.3 Å². The second kappa shape index (κ2) is 9.59. The van der Waals surface area contributed by atoms with Gasteiger partial charge in [-0.05, 0) is 57.3 Å². The SMILES string of the molecule is CCCC(Nc1ccc(CN(C)C)cc1)=C1C(=O)Nc2cc(C(=O)OCC)ccc21. The van der Waals surface area contributed by atoms with Crippen molar-refractivity contribution in [1.29, 1.82) is 0 Å². The van der Waals surface area contributed by atoms with E-state index in [2.05, 4.69) is 34.6 Å². The van der Waals surface area contributed by atoms with E-state index in [9.17, 15) is 9.59 Å². The molecule has 0 radical (unpaired) electrons. The number of fused-ring (bicyclic) bond motifs is 1. The summed E-state index contributed by atoms with van der Waals surface area (Å²) in [7, 11) is 4.08. The molecule has 0 saturated carbocycles. The van der Waals surface area contributed by atoms with Gasteiger partial charge in [-0.25, -0.2) is 4.79 Å². The molecule has 2 N–H and O–H groups in total. The maximum absolute atomic E-state index is 12.8. The fourth-order valence-electron chi connectivity index (χ4n) is 3.55. The van der Waals surface area contributed by atoms with E-state index in [1.54, 1.807) is 19.1 Å². The molecule has 1 aliphatic heterocycles. The van der Waals surface area contributed by atoms with Gasteiger partial charge >= 0.3 is 5.97 Å². The highest BCUT2D eigenvalue weighted by Gasteiger charge is 2.28. The van der Waals surface area contributed by atoms with E-state index in [1.165, 1.54) is 5.56 Å². The third-order valence-electron chi connectivity index (χ3n) is 4.83. The molecule has 0 aromatic heterocycles. The van der Waals surface area contributed by atoms with Crippen molar-refractivity contribution < 1.29 is 14.3 Å². The number of nitrogens with one attached hydrogen (secondary N) is 2. The first-order valence-corrected chi connectivity index (χ1v) is 10.3. The molecule has 30 heavy (non-hydrogen) atoms. The van der Waals surface area contributed by atoms with Gasteiger partial charge in [-0.3, -0.25) is 4.79 Å². The van der Waals surface area contributed by atoms with Crippen molar-refractivity contribution in [2.45, 2.75) is 33.2 Å². The smallest absolute Gasteiger partial charge is 0.338 e. The largest absolute Gasteiger partial charge is 0.462 e. The third-order valence-corrected chi connectivity index (χ3v) is 4.83. The molecule has 0 bridgehead atoms. The van der Waals surface area contributed by atoms with Gasteiger partial charge in [-0.2, -0.15) is 0 Å². The molecule has 3 rings (SSSR count). The van der Waals surface area contributed by atoms with Crippen molar-refractivity contribution >= 4 is 28.8 Å². The van der Waals surface area contributed by atoms with E-state index in [0.717, 1.165) is 36.3 Å². The van der Waals surface area contributed by atoms with Crippen LogP contribution >= 0.6 is 0 Å². The topological polar surface area (TPSA) is 70.7 Å². The zero-order valence-corrected chi connectivity index (χ0v) is 18.0. The third kappa shape index (κ3) is 4.89. The van der Waals surface area contributed by atoms with Crippen molar-refractivity contribution in [1.82, 2.24) is 4.90 Å². The Morgan fingerprint density at radius 3 is 2.47 bits per heavy atom. The molecule has 0 spiro atoms. The highest BCUT2D eigenvalue weighted by atomic mass is 16.5. The van der Waals surface area contributed by atoms with Gasteiger partial charge < -0.3 is 20.3 Å². The summed E-state index contributed by atoms with van der Waals surface area (Å²) in [6, 6.07) is 13.4. The van der Waals surface area contributed by atoms with Crippen molar-refractivity contribution in [3.63, 3.8) is 0 Å². The van der Waals surface area contributed by atoms with Crippen LogP contribution in [0, 0.1) is 0 Å². The second-order valence-corrected chi connectivity index (χ2v) is 7.60. The summed E-state index contributed by atoms with van der Waals surface area (Å²) in [6.45, 7) is 5.04. The zero-order valence-electron chi connectivity index (χ0n) is 18.0. The van der Waals surface area contributed by atoms with E-state index in [4.69, 9.17) is 4.74 Å². The number of amides is 1. The first-order valence-electron chi connectivity index (χ1n) is 10.3. The number of ether oxygens (including phenoxy) is 1. The average molecular weight is 408 g/mol. The standard InChI is InChI=1S/C24H29N3O3/c1-5-7-20(25-18-11-8-16(9-12-18)15-27(3)4)22-19-13-10-17(24(29)30-6-2)14-21(19)26-23(22)28/h8-14,25H,5-7,15H2,1-4H3,(H,26,28). The van der Waals surface area contributed by atoms with Crippen LogP contribution in [0.25, 0.3) is 5.57 Å². The van der Waals surface area contributed by atoms with Crippen LogP contribution in [0.5, 0.6) is 0 Å². The molecule has 2 aromatic rings. The molecule has 1 aliphatic rings. The summed E-state index contributed by atoms with van der Waals surface area (Å²) >= 11 is 0. The Labute approximate surface area is 177 Å². The summed E-state index contributed by atoms with van der Waals surface area (Å²) in [5, 5.41) is 6.34. The first kappa shape index (κ1) is 21.6. The van der Waals surface area contributed by atoms with Crippen molar-refractivity contribution in [3.05, 3.63) is 64.9 Å². The molecule has 0 saturated heterocycles. The normalized spacial score (nSPS) is 14.4. The Morgan fingerprint density at radius 1 is 1.10 bits per heavy atom. The maximum Gasteiger partial charge on any atom is 0.338 e. The van der Waals surface area contributed by atoms with E-state index < -0.39 is 5.97 Å². The van der Waals surface area contributed by atoms with Crippen LogP contribution in [-0.4, -0.2) is 37.5 Å². The maximum atomic E-state index is 12.8. The number of carbonyl (C=O) groups excluding carboxylic acids is 2. The van der Waals surface area contributed by atoms with Gasteiger partial charge in [0.1, 0.15) is 0 Å². The van der Waals surface area contributed by atoms with Crippen LogP contribution in [0.15, 0.2) is 48.2 Å². The molecule has 0 atom stereocenters. The first-order chi connectivity index (χ1) is 14.4. The van der Waals surface area contributed by atoms with E-state index in [-0.39, 0.29) is 5.91 Å². The molecular formula is C24H29N3O3. The van der Waals surface area contributed by atoms with Gasteiger partial charge in [0.2, 0.25) is 0 Å². The van der Waals surface area contributed by atoms with Crippen molar-refractivity contribution in [3.8, 4) is 0 Å². The van der Waals surface area contributed by atoms with E-state index in [0.29, 0.717) is 23.4 Å². The number of anilines is 2. The van der Waals surface area contributed by atoms with Gasteiger partial charge in [0.05, 0.1) is 23.4 Å². The lowest BCUT2D eigenvalue weighted by Gasteiger charge is -2.15. The molecule has 2 aromatic carbocycles. The van der Waals surface area contributed by atoms with Crippen LogP contribution < -0.4 is 10.6 Å². The van der Waals surface area contributed by atoms with Crippen molar-refractivity contribution in [2.24, 2.45) is 0 Å². The van der Waals surface area contributed by atoms with Crippen LogP contribution in [0.2, 0.25) is 0 Å². The van der Waals surface area contributed by atoms with Crippen LogP contribution in [0.4, 0.5) is 11.4 Å². The van der Waals surface area contributed by atoms with Crippen LogP contribution in [0.3, 0.4) is 0 Å². The molecule has 0 aliphatic carbocycles. The number of hydrogen-bond donors (Lipinski definition) is 2. The molecule has 1 heterocycles. The summed E-state index contributed by atoms with van der Waals surface area (Å²) < 4.78 is 5.06. The molecule has 6 heteroatoms. The van der Waals surface area contributed by atoms with Gasteiger partial charge in [0, 0.05) is 23.5 Å². The van der Waals surface area contributed by atoms with E-state index in [1.807, 2.05) is 32.3 Å². The summed E-state index contributed by atoms with van der Waals surface area (Å²) in [4.78, 5) is 26.9. The average Bonchev–Trinajstić information content (AvgIpc) is 3.03. The number of nitrogens with zero attached hydrogens (tertiary/aromatic N) is 1. The number of esters is 1.